The van der Waals surface area contributed by atoms with Crippen LogP contribution in [0.5, 0.6) is 0 Å². The molecule has 0 amide bonds. The second-order valence-corrected chi connectivity index (χ2v) is 7.81. The number of benzene rings is 2. The smallest absolute Gasteiger partial charge is 0.269 e. The van der Waals surface area contributed by atoms with Gasteiger partial charge in [0.15, 0.2) is 0 Å². The predicted octanol–water partition coefficient (Wildman–Crippen LogP) is 5.64. The molecule has 0 spiro atoms. The number of hydrazone groups is 1. The molecule has 0 fully saturated rings. The monoisotopic (exact) mass is 375 g/mol. The number of hydrogen-bond acceptors (Lipinski definition) is 5. The zero-order chi connectivity index (χ0) is 19.7. The largest absolute Gasteiger partial charge is 0.468 e. The van der Waals surface area contributed by atoms with Gasteiger partial charge in [-0.3, -0.25) is 15.5 Å². The highest BCUT2D eigenvalue weighted by Gasteiger charge is 2.34. The summed E-state index contributed by atoms with van der Waals surface area (Å²) in [5, 5.41) is 15.6. The third-order valence-electron chi connectivity index (χ3n) is 4.92. The average Bonchev–Trinajstić information content (AvgIpc) is 3.09. The minimum atomic E-state index is -0.395. The molecule has 1 aliphatic carbocycles. The second-order valence-electron chi connectivity index (χ2n) is 7.81. The van der Waals surface area contributed by atoms with Crippen molar-refractivity contribution >= 4 is 17.1 Å². The van der Waals surface area contributed by atoms with Crippen LogP contribution < -0.4 is 5.43 Å². The van der Waals surface area contributed by atoms with Crippen LogP contribution in [-0.2, 0) is 6.42 Å². The molecule has 3 aromatic rings. The lowest BCUT2D eigenvalue weighted by Crippen LogP contribution is -2.27. The number of nitro benzene ring substituents is 1. The van der Waals surface area contributed by atoms with Gasteiger partial charge in [0.25, 0.3) is 5.69 Å². The Hall–Kier alpha value is -3.41. The maximum Gasteiger partial charge on any atom is 0.269 e. The van der Waals surface area contributed by atoms with Crippen molar-refractivity contribution in [2.24, 2.45) is 10.5 Å². The summed E-state index contributed by atoms with van der Waals surface area (Å²) in [5.74, 6) is 0.901. The van der Waals surface area contributed by atoms with Gasteiger partial charge in [0.2, 0.25) is 0 Å². The Morgan fingerprint density at radius 3 is 2.46 bits per heavy atom. The predicted molar refractivity (Wildman–Crippen MR) is 110 cm³/mol. The van der Waals surface area contributed by atoms with Gasteiger partial charge in [0.05, 0.1) is 22.6 Å². The Morgan fingerprint density at radius 1 is 1.07 bits per heavy atom. The minimum Gasteiger partial charge on any atom is -0.468 e. The van der Waals surface area contributed by atoms with Crippen molar-refractivity contribution in [1.82, 2.24) is 0 Å². The molecule has 0 unspecified atom stereocenters. The van der Waals surface area contributed by atoms with Gasteiger partial charge < -0.3 is 4.42 Å². The van der Waals surface area contributed by atoms with E-state index in [4.69, 9.17) is 9.52 Å². The Balaban J connectivity index is 1.74. The Morgan fingerprint density at radius 2 is 1.79 bits per heavy atom. The average molecular weight is 375 g/mol. The van der Waals surface area contributed by atoms with Crippen molar-refractivity contribution in [3.8, 4) is 11.1 Å². The van der Waals surface area contributed by atoms with E-state index in [1.54, 1.807) is 18.4 Å². The van der Waals surface area contributed by atoms with Gasteiger partial charge in [-0.2, -0.15) is 5.10 Å². The summed E-state index contributed by atoms with van der Waals surface area (Å²) < 4.78 is 5.89. The molecular weight excluding hydrogens is 354 g/mol. The maximum atomic E-state index is 10.9. The second kappa shape index (κ2) is 6.96. The molecule has 6 heteroatoms. The molecule has 0 saturated heterocycles. The first-order valence-electron chi connectivity index (χ1n) is 9.16. The van der Waals surface area contributed by atoms with Crippen molar-refractivity contribution in [2.45, 2.75) is 26.7 Å². The van der Waals surface area contributed by atoms with E-state index in [0.717, 1.165) is 46.7 Å². The molecule has 0 bridgehead atoms. The number of anilines is 1. The maximum absolute atomic E-state index is 10.9. The van der Waals surface area contributed by atoms with Crippen LogP contribution in [0.2, 0.25) is 0 Å². The molecule has 0 saturated carbocycles. The Kier molecular flexibility index (Phi) is 4.47. The molecule has 6 nitrogen and oxygen atoms in total. The fourth-order valence-electron chi connectivity index (χ4n) is 3.60. The van der Waals surface area contributed by atoms with Gasteiger partial charge in [-0.25, -0.2) is 0 Å². The molecule has 0 atom stereocenters. The molecular formula is C22H21N3O3. The van der Waals surface area contributed by atoms with Gasteiger partial charge in [-0.1, -0.05) is 32.0 Å². The number of furan rings is 1. The first-order valence-corrected chi connectivity index (χ1v) is 9.16. The fourth-order valence-corrected chi connectivity index (χ4v) is 3.60. The first-order chi connectivity index (χ1) is 13.4. The summed E-state index contributed by atoms with van der Waals surface area (Å²) in [5.41, 5.74) is 7.87. The molecule has 1 aromatic heterocycles. The van der Waals surface area contributed by atoms with Crippen LogP contribution in [0.25, 0.3) is 11.1 Å². The number of nitrogens with zero attached hydrogens (tertiary/aromatic N) is 2. The normalized spacial score (nSPS) is 16.6. The summed E-state index contributed by atoms with van der Waals surface area (Å²) in [7, 11) is 0. The van der Waals surface area contributed by atoms with Gasteiger partial charge in [0.1, 0.15) is 5.76 Å². The molecule has 0 radical (unpaired) electrons. The van der Waals surface area contributed by atoms with E-state index in [1.807, 2.05) is 30.3 Å². The Bertz CT molecular complexity index is 1030. The van der Waals surface area contributed by atoms with E-state index in [9.17, 15) is 10.1 Å². The SMILES string of the molecule is CC1(C)C/C(=N\Nc2ccccc2)c2c(-c3ccc([N+](=O)[O-])cc3)coc2C1. The van der Waals surface area contributed by atoms with E-state index in [2.05, 4.69) is 19.3 Å². The van der Waals surface area contributed by atoms with E-state index in [1.165, 1.54) is 12.1 Å². The van der Waals surface area contributed by atoms with Crippen molar-refractivity contribution in [1.29, 1.82) is 0 Å². The lowest BCUT2D eigenvalue weighted by atomic mass is 9.75. The summed E-state index contributed by atoms with van der Waals surface area (Å²) in [6.07, 6.45) is 3.35. The number of hydrogen-bond donors (Lipinski definition) is 1. The number of fused-ring (bicyclic) bond motifs is 1. The van der Waals surface area contributed by atoms with Crippen LogP contribution in [0.3, 0.4) is 0 Å². The third kappa shape index (κ3) is 3.53. The number of para-hydroxylation sites is 1. The number of nitro groups is 1. The standard InChI is InChI=1S/C22H21N3O3/c1-22(2)12-19(24-23-16-6-4-3-5-7-16)21-18(14-28-20(21)13-22)15-8-10-17(11-9-15)25(26)27/h3-11,14,23H,12-13H2,1-2H3/b24-19+. The van der Waals surface area contributed by atoms with E-state index in [-0.39, 0.29) is 11.1 Å². The molecule has 1 heterocycles. The van der Waals surface area contributed by atoms with Crippen LogP contribution >= 0.6 is 0 Å². The summed E-state index contributed by atoms with van der Waals surface area (Å²) in [6.45, 7) is 4.39. The van der Waals surface area contributed by atoms with Gasteiger partial charge in [-0.05, 0) is 41.7 Å². The van der Waals surface area contributed by atoms with Crippen LogP contribution in [0, 0.1) is 15.5 Å². The first kappa shape index (κ1) is 18.0. The zero-order valence-electron chi connectivity index (χ0n) is 15.8. The minimum absolute atomic E-state index is 0.0365. The topological polar surface area (TPSA) is 80.7 Å². The number of rotatable bonds is 4. The highest BCUT2D eigenvalue weighted by atomic mass is 16.6. The fraction of sp³-hybridized carbons (Fsp3) is 0.227. The van der Waals surface area contributed by atoms with Gasteiger partial charge >= 0.3 is 0 Å². The summed E-state index contributed by atoms with van der Waals surface area (Å²) in [6, 6.07) is 16.3. The van der Waals surface area contributed by atoms with Gasteiger partial charge in [0, 0.05) is 29.7 Å². The van der Waals surface area contributed by atoms with Gasteiger partial charge in [-0.15, -0.1) is 0 Å². The summed E-state index contributed by atoms with van der Waals surface area (Å²) >= 11 is 0. The third-order valence-corrected chi connectivity index (χ3v) is 4.92. The van der Waals surface area contributed by atoms with Crippen molar-refractivity contribution in [3.05, 3.63) is 82.3 Å². The molecule has 2 aromatic carbocycles. The summed E-state index contributed by atoms with van der Waals surface area (Å²) in [4.78, 5) is 10.5. The molecule has 142 valence electrons. The van der Waals surface area contributed by atoms with E-state index >= 15 is 0 Å². The lowest BCUT2D eigenvalue weighted by Gasteiger charge is -2.29. The van der Waals surface area contributed by atoms with Crippen molar-refractivity contribution < 1.29 is 9.34 Å². The zero-order valence-corrected chi connectivity index (χ0v) is 15.8. The lowest BCUT2D eigenvalue weighted by molar-refractivity contribution is -0.384. The number of non-ortho nitro benzene ring substituents is 1. The van der Waals surface area contributed by atoms with E-state index < -0.39 is 4.92 Å². The van der Waals surface area contributed by atoms with Crippen molar-refractivity contribution in [3.63, 3.8) is 0 Å². The molecule has 1 N–H and O–H groups in total. The van der Waals surface area contributed by atoms with E-state index in [0.29, 0.717) is 0 Å². The molecule has 0 aliphatic heterocycles. The molecule has 28 heavy (non-hydrogen) atoms. The number of nitrogens with one attached hydrogen (secondary N) is 1. The molecule has 1 aliphatic rings. The highest BCUT2D eigenvalue weighted by molar-refractivity contribution is 6.08. The van der Waals surface area contributed by atoms with Crippen LogP contribution in [0.1, 0.15) is 31.6 Å². The van der Waals surface area contributed by atoms with Crippen LogP contribution in [0.15, 0.2) is 70.4 Å². The highest BCUT2D eigenvalue weighted by Crippen LogP contribution is 2.41. The van der Waals surface area contributed by atoms with Crippen LogP contribution in [0.4, 0.5) is 11.4 Å². The Labute approximate surface area is 163 Å². The van der Waals surface area contributed by atoms with Crippen molar-refractivity contribution in [2.75, 3.05) is 5.43 Å². The van der Waals surface area contributed by atoms with Crippen LogP contribution in [-0.4, -0.2) is 10.6 Å². The molecule has 4 rings (SSSR count). The quantitative estimate of drug-likeness (QED) is 0.472.